The number of thioether (sulfide) groups is 1. The summed E-state index contributed by atoms with van der Waals surface area (Å²) in [5.74, 6) is -0.0675. The van der Waals surface area contributed by atoms with Crippen LogP contribution in [0.1, 0.15) is 24.2 Å². The molecule has 2 aromatic carbocycles. The molecule has 9 heteroatoms. The zero-order valence-corrected chi connectivity index (χ0v) is 20.2. The molecule has 1 aliphatic heterocycles. The third kappa shape index (κ3) is 4.44. The lowest BCUT2D eigenvalue weighted by molar-refractivity contribution is 0.0746. The summed E-state index contributed by atoms with van der Waals surface area (Å²) in [6.07, 6.45) is 2.07. The van der Waals surface area contributed by atoms with Gasteiger partial charge in [0.15, 0.2) is 15.0 Å². The van der Waals surface area contributed by atoms with Gasteiger partial charge in [0.05, 0.1) is 20.4 Å². The maximum atomic E-state index is 12.9. The van der Waals surface area contributed by atoms with Gasteiger partial charge in [0.25, 0.3) is 5.91 Å². The molecule has 2 heterocycles. The van der Waals surface area contributed by atoms with Gasteiger partial charge >= 0.3 is 0 Å². The molecule has 0 aliphatic carbocycles. The molecule has 0 atom stereocenters. The second-order valence-electron chi connectivity index (χ2n) is 7.73. The third-order valence-corrected chi connectivity index (χ3v) is 9.45. The Morgan fingerprint density at radius 1 is 1.06 bits per heavy atom. The van der Waals surface area contributed by atoms with Crippen LogP contribution in [-0.2, 0) is 9.84 Å². The minimum Gasteiger partial charge on any atom is -0.345 e. The van der Waals surface area contributed by atoms with Gasteiger partial charge in [-0.2, -0.15) is 0 Å². The van der Waals surface area contributed by atoms with E-state index >= 15 is 0 Å². The highest BCUT2D eigenvalue weighted by molar-refractivity contribution is 7.98. The number of thiazole rings is 1. The van der Waals surface area contributed by atoms with Crippen molar-refractivity contribution in [3.8, 4) is 0 Å². The Labute approximate surface area is 191 Å². The number of anilines is 1. The van der Waals surface area contributed by atoms with E-state index in [0.29, 0.717) is 18.7 Å². The molecule has 6 nitrogen and oxygen atoms in total. The first-order valence-corrected chi connectivity index (χ1v) is 13.7. The molecule has 1 fully saturated rings. The number of piperazine rings is 1. The standard InChI is InChI=1S/C22H25N3O3S3/c1-15(2)31(27,28)18-7-4-16(5-8-18)21(26)24-10-12-25(13-11-24)22-23-19-9-6-17(29-3)14-20(19)30-22/h4-9,14-15H,10-13H2,1-3H3. The van der Waals surface area contributed by atoms with Crippen molar-refractivity contribution in [1.82, 2.24) is 9.88 Å². The van der Waals surface area contributed by atoms with Crippen molar-refractivity contribution < 1.29 is 13.2 Å². The quantitative estimate of drug-likeness (QED) is 0.516. The first-order chi connectivity index (χ1) is 14.8. The molecule has 0 spiro atoms. The fraction of sp³-hybridized carbons (Fsp3) is 0.364. The molecule has 1 aliphatic rings. The molecule has 164 valence electrons. The van der Waals surface area contributed by atoms with Crippen LogP contribution in [0.15, 0.2) is 52.3 Å². The van der Waals surface area contributed by atoms with E-state index in [9.17, 15) is 13.2 Å². The van der Waals surface area contributed by atoms with Gasteiger partial charge in [0.1, 0.15) is 0 Å². The van der Waals surface area contributed by atoms with Gasteiger partial charge in [-0.15, -0.1) is 11.8 Å². The fourth-order valence-corrected chi connectivity index (χ4v) is 6.13. The maximum absolute atomic E-state index is 12.9. The van der Waals surface area contributed by atoms with Crippen molar-refractivity contribution >= 4 is 54.2 Å². The van der Waals surface area contributed by atoms with E-state index in [1.165, 1.54) is 21.7 Å². The van der Waals surface area contributed by atoms with Crippen LogP contribution in [0.5, 0.6) is 0 Å². The summed E-state index contributed by atoms with van der Waals surface area (Å²) in [7, 11) is -3.34. The highest BCUT2D eigenvalue weighted by atomic mass is 32.2. The number of benzene rings is 2. The van der Waals surface area contributed by atoms with E-state index in [-0.39, 0.29) is 10.8 Å². The summed E-state index contributed by atoms with van der Waals surface area (Å²) in [5, 5.41) is 0.501. The smallest absolute Gasteiger partial charge is 0.253 e. The Kier molecular flexibility index (Phi) is 6.27. The number of aromatic nitrogens is 1. The zero-order chi connectivity index (χ0) is 22.2. The predicted molar refractivity (Wildman–Crippen MR) is 128 cm³/mol. The monoisotopic (exact) mass is 475 g/mol. The summed E-state index contributed by atoms with van der Waals surface area (Å²) in [6, 6.07) is 12.6. The fourth-order valence-electron chi connectivity index (χ4n) is 3.50. The van der Waals surface area contributed by atoms with E-state index < -0.39 is 15.1 Å². The van der Waals surface area contributed by atoms with Crippen LogP contribution in [-0.4, -0.2) is 61.9 Å². The van der Waals surface area contributed by atoms with Crippen LogP contribution >= 0.6 is 23.1 Å². The molecular formula is C22H25N3O3S3. The summed E-state index contributed by atoms with van der Waals surface area (Å²) in [4.78, 5) is 23.2. The van der Waals surface area contributed by atoms with Crippen LogP contribution in [0.2, 0.25) is 0 Å². The molecule has 0 bridgehead atoms. The molecule has 1 amide bonds. The minimum absolute atomic E-state index is 0.0675. The topological polar surface area (TPSA) is 70.6 Å². The van der Waals surface area contributed by atoms with Crippen molar-refractivity contribution in [1.29, 1.82) is 0 Å². The lowest BCUT2D eigenvalue weighted by atomic mass is 10.2. The highest BCUT2D eigenvalue weighted by Crippen LogP contribution is 2.32. The van der Waals surface area contributed by atoms with Crippen LogP contribution < -0.4 is 4.90 Å². The number of nitrogens with zero attached hydrogens (tertiary/aromatic N) is 3. The molecule has 1 saturated heterocycles. The Balaban J connectivity index is 1.42. The molecule has 4 rings (SSSR count). The van der Waals surface area contributed by atoms with Crippen LogP contribution in [0.4, 0.5) is 5.13 Å². The van der Waals surface area contributed by atoms with Gasteiger partial charge in [0, 0.05) is 36.6 Å². The Hall–Kier alpha value is -2.10. The van der Waals surface area contributed by atoms with Gasteiger partial charge < -0.3 is 9.80 Å². The highest BCUT2D eigenvalue weighted by Gasteiger charge is 2.25. The van der Waals surface area contributed by atoms with Crippen LogP contribution in [0, 0.1) is 0 Å². The van der Waals surface area contributed by atoms with Crippen molar-refractivity contribution in [2.75, 3.05) is 37.3 Å². The minimum atomic E-state index is -3.34. The van der Waals surface area contributed by atoms with E-state index in [4.69, 9.17) is 4.98 Å². The number of hydrogen-bond acceptors (Lipinski definition) is 7. The lowest BCUT2D eigenvalue weighted by Crippen LogP contribution is -2.48. The van der Waals surface area contributed by atoms with Gasteiger partial charge in [0.2, 0.25) is 0 Å². The third-order valence-electron chi connectivity index (χ3n) is 5.47. The summed E-state index contributed by atoms with van der Waals surface area (Å²) >= 11 is 3.41. The van der Waals surface area contributed by atoms with Crippen LogP contribution in [0.3, 0.4) is 0 Å². The number of carbonyl (C=O) groups excluding carboxylic acids is 1. The number of fused-ring (bicyclic) bond motifs is 1. The van der Waals surface area contributed by atoms with Gasteiger partial charge in [-0.1, -0.05) is 11.3 Å². The Morgan fingerprint density at radius 3 is 2.35 bits per heavy atom. The average molecular weight is 476 g/mol. The Morgan fingerprint density at radius 2 is 1.74 bits per heavy atom. The molecule has 0 N–H and O–H groups in total. The molecule has 3 aromatic rings. The number of hydrogen-bond donors (Lipinski definition) is 0. The van der Waals surface area contributed by atoms with E-state index in [2.05, 4.69) is 29.4 Å². The first kappa shape index (κ1) is 22.1. The number of carbonyl (C=O) groups is 1. The maximum Gasteiger partial charge on any atom is 0.253 e. The largest absolute Gasteiger partial charge is 0.345 e. The van der Waals surface area contributed by atoms with Gasteiger partial charge in [-0.25, -0.2) is 13.4 Å². The SMILES string of the molecule is CSc1ccc2nc(N3CCN(C(=O)c4ccc(S(=O)(=O)C(C)C)cc4)CC3)sc2c1. The normalized spacial score (nSPS) is 15.1. The summed E-state index contributed by atoms with van der Waals surface area (Å²) in [6.45, 7) is 5.97. The van der Waals surface area contributed by atoms with Crippen molar-refractivity contribution in [3.05, 3.63) is 48.0 Å². The van der Waals surface area contributed by atoms with Crippen molar-refractivity contribution in [2.24, 2.45) is 0 Å². The molecule has 0 saturated carbocycles. The van der Waals surface area contributed by atoms with Gasteiger partial charge in [-0.3, -0.25) is 4.79 Å². The number of rotatable bonds is 5. The lowest BCUT2D eigenvalue weighted by Gasteiger charge is -2.34. The van der Waals surface area contributed by atoms with E-state index in [1.54, 1.807) is 49.1 Å². The summed E-state index contributed by atoms with van der Waals surface area (Å²) < 4.78 is 25.7. The molecule has 1 aromatic heterocycles. The number of sulfone groups is 1. The zero-order valence-electron chi connectivity index (χ0n) is 17.7. The second kappa shape index (κ2) is 8.80. The Bertz CT molecular complexity index is 1200. The number of amides is 1. The van der Waals surface area contributed by atoms with E-state index in [0.717, 1.165) is 23.7 Å². The second-order valence-corrected chi connectivity index (χ2v) is 12.1. The van der Waals surface area contributed by atoms with Crippen LogP contribution in [0.25, 0.3) is 10.2 Å². The molecule has 31 heavy (non-hydrogen) atoms. The molecule has 0 radical (unpaired) electrons. The van der Waals surface area contributed by atoms with Crippen molar-refractivity contribution in [2.45, 2.75) is 28.9 Å². The summed E-state index contributed by atoms with van der Waals surface area (Å²) in [5.41, 5.74) is 1.52. The predicted octanol–water partition coefficient (Wildman–Crippen LogP) is 4.16. The van der Waals surface area contributed by atoms with E-state index in [1.807, 2.05) is 4.90 Å². The average Bonchev–Trinajstić information content (AvgIpc) is 3.22. The first-order valence-electron chi connectivity index (χ1n) is 10.1. The van der Waals surface area contributed by atoms with Gasteiger partial charge in [-0.05, 0) is 62.6 Å². The molecular weight excluding hydrogens is 450 g/mol. The molecule has 0 unspecified atom stereocenters. The van der Waals surface area contributed by atoms with Crippen molar-refractivity contribution in [3.63, 3.8) is 0 Å².